The van der Waals surface area contributed by atoms with Crippen LogP contribution in [0, 0.1) is 11.2 Å². The van der Waals surface area contributed by atoms with Crippen molar-refractivity contribution in [2.75, 3.05) is 0 Å². The molecule has 0 aliphatic heterocycles. The van der Waals surface area contributed by atoms with Crippen LogP contribution in [0.15, 0.2) is 0 Å². The molecule has 0 aromatic rings. The second-order valence-corrected chi connectivity index (χ2v) is 0. The zero-order chi connectivity index (χ0) is 2.71. The van der Waals surface area contributed by atoms with E-state index in [4.69, 9.17) is 5.26 Å². The van der Waals surface area contributed by atoms with E-state index in [9.17, 15) is 0 Å². The van der Waals surface area contributed by atoms with E-state index in [0.29, 0.717) is 0 Å². The summed E-state index contributed by atoms with van der Waals surface area (Å²) < 4.78 is 0. The molecule has 0 aromatic heterocycles. The zero-order valence-corrected chi connectivity index (χ0v) is 2.19. The molecule has 0 unspecified atom stereocenters. The predicted octanol–water partition coefficient (Wildman–Crippen LogP) is -1.17. The SMILES string of the molecule is [BH3-]C#N.[Cu+]. The van der Waals surface area contributed by atoms with Crippen LogP contribution in [-0.2, 0) is 17.1 Å². The maximum absolute atomic E-state index is 7.43. The van der Waals surface area contributed by atoms with E-state index in [1.165, 1.54) is 0 Å². The van der Waals surface area contributed by atoms with Gasteiger partial charge in [-0.2, -0.15) is 5.97 Å². The monoisotopic (exact) mass is 103 g/mol. The number of rotatable bonds is 0. The van der Waals surface area contributed by atoms with Gasteiger partial charge in [-0.3, -0.25) is 5.26 Å². The van der Waals surface area contributed by atoms with Gasteiger partial charge < -0.3 is 0 Å². The molecule has 26 valence electrons. The summed E-state index contributed by atoms with van der Waals surface area (Å²) in [5.41, 5.74) is 0. The minimum absolute atomic E-state index is 0. The molecule has 0 atom stereocenters. The predicted molar refractivity (Wildman–Crippen MR) is 15.6 cm³/mol. The van der Waals surface area contributed by atoms with Crippen molar-refractivity contribution in [1.29, 1.82) is 5.26 Å². The van der Waals surface area contributed by atoms with E-state index in [0.717, 1.165) is 0 Å². The van der Waals surface area contributed by atoms with Gasteiger partial charge in [0, 0.05) is 0 Å². The van der Waals surface area contributed by atoms with Crippen molar-refractivity contribution >= 4 is 7.85 Å². The summed E-state index contributed by atoms with van der Waals surface area (Å²) in [5.74, 6) is 2.00. The fraction of sp³-hybridized carbons (Fsp3) is 0. The van der Waals surface area contributed by atoms with E-state index < -0.39 is 0 Å². The Morgan fingerprint density at radius 1 is 1.75 bits per heavy atom. The van der Waals surface area contributed by atoms with Gasteiger partial charge in [-0.1, -0.05) is 0 Å². The summed E-state index contributed by atoms with van der Waals surface area (Å²) >= 11 is 0. The number of nitrogens with zero attached hydrogens (tertiary/aromatic N) is 1. The van der Waals surface area contributed by atoms with Crippen molar-refractivity contribution in [3.8, 4) is 5.97 Å². The summed E-state index contributed by atoms with van der Waals surface area (Å²) in [5, 5.41) is 7.43. The Morgan fingerprint density at radius 3 is 1.75 bits per heavy atom. The van der Waals surface area contributed by atoms with Crippen LogP contribution in [-0.4, -0.2) is 7.85 Å². The van der Waals surface area contributed by atoms with Crippen LogP contribution in [0.2, 0.25) is 0 Å². The summed E-state index contributed by atoms with van der Waals surface area (Å²) in [6.45, 7) is 0. The number of nitriles is 1. The van der Waals surface area contributed by atoms with E-state index in [1.807, 2.05) is 5.97 Å². The van der Waals surface area contributed by atoms with E-state index >= 15 is 0 Å². The van der Waals surface area contributed by atoms with E-state index in [2.05, 4.69) is 0 Å². The molecule has 0 aromatic carbocycles. The Hall–Kier alpha value is 0.0744. The first-order valence-corrected chi connectivity index (χ1v) is 0.224. The fourth-order valence-corrected chi connectivity index (χ4v) is 0. The van der Waals surface area contributed by atoms with Crippen molar-refractivity contribution in [2.45, 2.75) is 0 Å². The molecule has 0 aliphatic rings. The maximum atomic E-state index is 7.43. The summed E-state index contributed by atoms with van der Waals surface area (Å²) in [6.07, 6.45) is 0. The maximum Gasteiger partial charge on any atom is 1.00 e. The Kier molecular flexibility index (Phi) is 25.6. The Balaban J connectivity index is 0. The molecule has 1 nitrogen and oxygen atoms in total. The third-order valence-electron chi connectivity index (χ3n) is 0. The Morgan fingerprint density at radius 2 is 1.75 bits per heavy atom. The van der Waals surface area contributed by atoms with Gasteiger partial charge in [0.2, 0.25) is 0 Å². The molecule has 0 aliphatic carbocycles. The molecule has 0 fully saturated rings. The Bertz CT molecular complexity index is 29.5. The minimum Gasteiger partial charge on any atom is -0.251 e. The molecule has 0 heterocycles. The third kappa shape index (κ3) is 432. The molecule has 0 spiro atoms. The van der Waals surface area contributed by atoms with Gasteiger partial charge >= 0.3 is 17.1 Å². The van der Waals surface area contributed by atoms with E-state index in [-0.39, 0.29) is 24.9 Å². The molecule has 0 saturated carbocycles. The smallest absolute Gasteiger partial charge is 0.251 e. The van der Waals surface area contributed by atoms with Gasteiger partial charge in [0.25, 0.3) is 0 Å². The largest absolute Gasteiger partial charge is 1.00 e. The first kappa shape index (κ1) is 8.95. The zero-order valence-electron chi connectivity index (χ0n) is 1.25. The van der Waals surface area contributed by atoms with Gasteiger partial charge in [0.05, 0.1) is 7.85 Å². The summed E-state index contributed by atoms with van der Waals surface area (Å²) in [7, 11) is 0.0694. The molecular weight excluding hydrogens is 100 g/mol. The van der Waals surface area contributed by atoms with Crippen LogP contribution in [0.3, 0.4) is 0 Å². The molecule has 0 bridgehead atoms. The standard InChI is InChI=1S/CH3BN.Cu/c2-1-3;/h2H3;/q-1;+1. The molecule has 0 amide bonds. The molecular formula is CH3BCuN. The van der Waals surface area contributed by atoms with Crippen LogP contribution in [0.5, 0.6) is 0 Å². The third-order valence-corrected chi connectivity index (χ3v) is 0. The first-order valence-electron chi connectivity index (χ1n) is 0.224. The second kappa shape index (κ2) is 11.5. The summed E-state index contributed by atoms with van der Waals surface area (Å²) in [6, 6.07) is 0. The van der Waals surface area contributed by atoms with Crippen LogP contribution in [0.1, 0.15) is 0 Å². The van der Waals surface area contributed by atoms with Crippen LogP contribution >= 0.6 is 0 Å². The van der Waals surface area contributed by atoms with E-state index in [1.54, 1.807) is 0 Å². The van der Waals surface area contributed by atoms with Crippen LogP contribution in [0.4, 0.5) is 0 Å². The van der Waals surface area contributed by atoms with Gasteiger partial charge in [-0.25, -0.2) is 0 Å². The normalized spacial score (nSPS) is 2.00. The number of hydrogen-bond donors (Lipinski definition) is 0. The number of hydrogen-bond acceptors (Lipinski definition) is 1. The van der Waals surface area contributed by atoms with Gasteiger partial charge in [0.1, 0.15) is 0 Å². The molecule has 4 heavy (non-hydrogen) atoms. The molecule has 0 rings (SSSR count). The van der Waals surface area contributed by atoms with Gasteiger partial charge in [-0.05, 0) is 0 Å². The van der Waals surface area contributed by atoms with Gasteiger partial charge in [0.15, 0.2) is 0 Å². The molecule has 3 heteroatoms. The van der Waals surface area contributed by atoms with Crippen molar-refractivity contribution in [3.63, 3.8) is 0 Å². The average molecular weight is 103 g/mol. The van der Waals surface area contributed by atoms with Crippen molar-refractivity contribution in [1.82, 2.24) is 0 Å². The second-order valence-electron chi connectivity index (χ2n) is 0. The quantitative estimate of drug-likeness (QED) is 0.355. The minimum atomic E-state index is 0. The van der Waals surface area contributed by atoms with Crippen molar-refractivity contribution < 1.29 is 17.1 Å². The topological polar surface area (TPSA) is 23.8 Å². The fourth-order valence-electron chi connectivity index (χ4n) is 0. The molecule has 0 saturated heterocycles. The van der Waals surface area contributed by atoms with Crippen molar-refractivity contribution in [3.05, 3.63) is 0 Å². The van der Waals surface area contributed by atoms with Crippen LogP contribution < -0.4 is 0 Å². The van der Waals surface area contributed by atoms with Crippen LogP contribution in [0.25, 0.3) is 0 Å². The Labute approximate surface area is 36.9 Å². The summed E-state index contributed by atoms with van der Waals surface area (Å²) in [4.78, 5) is 0. The first-order chi connectivity index (χ1) is 1.41. The molecule has 0 N–H and O–H groups in total. The molecule has 0 radical (unpaired) electrons. The average Bonchev–Trinajstić information content (AvgIpc) is 0.918. The van der Waals surface area contributed by atoms with Gasteiger partial charge in [-0.15, -0.1) is 0 Å². The van der Waals surface area contributed by atoms with Crippen molar-refractivity contribution in [2.24, 2.45) is 0 Å².